The number of halogens is 1. The molecule has 0 spiro atoms. The fourth-order valence-corrected chi connectivity index (χ4v) is 1.78. The summed E-state index contributed by atoms with van der Waals surface area (Å²) >= 11 is 0. The maximum Gasteiger partial charge on any atom is 0.372 e. The Labute approximate surface area is 118 Å². The Morgan fingerprint density at radius 1 is 1.48 bits per heavy atom. The number of aliphatic carboxylic acids is 1. The number of amides is 1. The number of carboxylic acid groups (broad SMARTS) is 1. The summed E-state index contributed by atoms with van der Waals surface area (Å²) in [6, 6.07) is 2.28. The molecule has 1 aromatic rings. The van der Waals surface area contributed by atoms with Crippen molar-refractivity contribution in [3.05, 3.63) is 29.2 Å². The Kier molecular flexibility index (Phi) is 3.62. The molecule has 1 heterocycles. The van der Waals surface area contributed by atoms with E-state index in [1.807, 2.05) is 0 Å². The zero-order valence-electron chi connectivity index (χ0n) is 11.1. The lowest BCUT2D eigenvalue weighted by Gasteiger charge is -2.07. The number of phenols is 1. The summed E-state index contributed by atoms with van der Waals surface area (Å²) in [5, 5.41) is 18.3. The summed E-state index contributed by atoms with van der Waals surface area (Å²) in [4.78, 5) is 27.3. The van der Waals surface area contributed by atoms with Gasteiger partial charge in [0.2, 0.25) is 5.84 Å². The highest BCUT2D eigenvalue weighted by Crippen LogP contribution is 2.31. The first-order valence-electron chi connectivity index (χ1n) is 5.73. The molecule has 0 aromatic heterocycles. The predicted molar refractivity (Wildman–Crippen MR) is 70.4 cm³/mol. The van der Waals surface area contributed by atoms with Crippen molar-refractivity contribution in [3.8, 4) is 11.5 Å². The summed E-state index contributed by atoms with van der Waals surface area (Å²) in [7, 11) is 2.52. The molecular weight excluding hydrogens is 283 g/mol. The van der Waals surface area contributed by atoms with Gasteiger partial charge in [-0.2, -0.15) is 0 Å². The van der Waals surface area contributed by atoms with E-state index in [0.717, 1.165) is 11.0 Å². The number of hydrogen-bond acceptors (Lipinski definition) is 5. The molecule has 110 valence electrons. The molecule has 1 aromatic carbocycles. The second-order valence-electron chi connectivity index (χ2n) is 4.19. The quantitative estimate of drug-likeness (QED) is 0.805. The molecule has 0 unspecified atom stereocenters. The third kappa shape index (κ3) is 2.55. The standard InChI is InChI=1S/C13H11FN2O5/c1-16-11(13(19)20)15-8(12(16)18)4-6-3-7(14)10(17)9(5-6)21-2/h3-5,17H,1-2H3,(H,19,20). The van der Waals surface area contributed by atoms with Crippen LogP contribution in [0.4, 0.5) is 4.39 Å². The molecule has 2 rings (SSSR count). The minimum Gasteiger partial charge on any atom is -0.502 e. The first kappa shape index (κ1) is 14.5. The number of carbonyl (C=O) groups is 2. The minimum absolute atomic E-state index is 0.108. The lowest BCUT2D eigenvalue weighted by atomic mass is 10.1. The number of aromatic hydroxyl groups is 1. The van der Waals surface area contributed by atoms with Gasteiger partial charge in [-0.3, -0.25) is 9.69 Å². The highest BCUT2D eigenvalue weighted by atomic mass is 19.1. The number of benzene rings is 1. The number of carboxylic acids is 1. The van der Waals surface area contributed by atoms with Gasteiger partial charge in [-0.1, -0.05) is 0 Å². The van der Waals surface area contributed by atoms with Crippen molar-refractivity contribution in [1.29, 1.82) is 0 Å². The Balaban J connectivity index is 2.47. The van der Waals surface area contributed by atoms with Gasteiger partial charge in [-0.25, -0.2) is 14.2 Å². The third-order valence-corrected chi connectivity index (χ3v) is 2.83. The van der Waals surface area contributed by atoms with Crippen molar-refractivity contribution in [2.45, 2.75) is 0 Å². The van der Waals surface area contributed by atoms with Crippen LogP contribution in [0.5, 0.6) is 11.5 Å². The molecule has 0 aliphatic carbocycles. The first-order valence-corrected chi connectivity index (χ1v) is 5.73. The van der Waals surface area contributed by atoms with E-state index in [0.29, 0.717) is 0 Å². The van der Waals surface area contributed by atoms with Gasteiger partial charge in [0.1, 0.15) is 5.70 Å². The van der Waals surface area contributed by atoms with Crippen molar-refractivity contribution in [2.75, 3.05) is 14.2 Å². The minimum atomic E-state index is -1.34. The zero-order chi connectivity index (χ0) is 15.7. The van der Waals surface area contributed by atoms with E-state index in [9.17, 15) is 19.1 Å². The molecule has 1 aliphatic rings. The Morgan fingerprint density at radius 2 is 2.14 bits per heavy atom. The fourth-order valence-electron chi connectivity index (χ4n) is 1.78. The van der Waals surface area contributed by atoms with Gasteiger partial charge in [-0.05, 0) is 23.8 Å². The predicted octanol–water partition coefficient (Wildman–Crippen LogP) is 0.836. The van der Waals surface area contributed by atoms with Gasteiger partial charge in [0, 0.05) is 7.05 Å². The molecule has 0 atom stereocenters. The monoisotopic (exact) mass is 294 g/mol. The van der Waals surface area contributed by atoms with E-state index < -0.39 is 29.3 Å². The van der Waals surface area contributed by atoms with Crippen LogP contribution in [0.15, 0.2) is 22.8 Å². The van der Waals surface area contributed by atoms with Crippen LogP contribution in [0, 0.1) is 5.82 Å². The number of nitrogens with zero attached hydrogens (tertiary/aromatic N) is 2. The number of aliphatic imine (C=N–C) groups is 1. The number of ether oxygens (including phenoxy) is 1. The van der Waals surface area contributed by atoms with Crippen LogP contribution >= 0.6 is 0 Å². The summed E-state index contributed by atoms with van der Waals surface area (Å²) < 4.78 is 18.3. The van der Waals surface area contributed by atoms with Gasteiger partial charge in [0.25, 0.3) is 5.91 Å². The average Bonchev–Trinajstić information content (AvgIpc) is 2.71. The Morgan fingerprint density at radius 3 is 2.67 bits per heavy atom. The van der Waals surface area contributed by atoms with Crippen molar-refractivity contribution in [3.63, 3.8) is 0 Å². The van der Waals surface area contributed by atoms with Gasteiger partial charge in [0.05, 0.1) is 7.11 Å². The van der Waals surface area contributed by atoms with Crippen molar-refractivity contribution in [2.24, 2.45) is 4.99 Å². The van der Waals surface area contributed by atoms with Crippen LogP contribution in [0.1, 0.15) is 5.56 Å². The van der Waals surface area contributed by atoms with Crippen LogP contribution in [-0.2, 0) is 9.59 Å². The molecule has 0 fully saturated rings. The second-order valence-corrected chi connectivity index (χ2v) is 4.19. The van der Waals surface area contributed by atoms with Gasteiger partial charge in [-0.15, -0.1) is 0 Å². The fraction of sp³-hybridized carbons (Fsp3) is 0.154. The van der Waals surface area contributed by atoms with Crippen LogP contribution in [0.2, 0.25) is 0 Å². The number of likely N-dealkylation sites (N-methyl/N-ethyl adjacent to an activating group) is 1. The van der Waals surface area contributed by atoms with Crippen LogP contribution < -0.4 is 4.74 Å². The number of amidine groups is 1. The largest absolute Gasteiger partial charge is 0.502 e. The molecule has 0 saturated heterocycles. The average molecular weight is 294 g/mol. The molecule has 1 aliphatic heterocycles. The molecule has 1 amide bonds. The van der Waals surface area contributed by atoms with E-state index in [4.69, 9.17) is 9.84 Å². The Hall–Kier alpha value is -2.90. The number of methoxy groups -OCH3 is 1. The number of carbonyl (C=O) groups excluding carboxylic acids is 1. The van der Waals surface area contributed by atoms with Crippen LogP contribution in [-0.4, -0.2) is 47.0 Å². The zero-order valence-corrected chi connectivity index (χ0v) is 11.1. The molecule has 8 heteroatoms. The van der Waals surface area contributed by atoms with Crippen LogP contribution in [0.3, 0.4) is 0 Å². The number of hydrogen-bond donors (Lipinski definition) is 2. The first-order chi connectivity index (χ1) is 9.85. The van der Waals surface area contributed by atoms with Gasteiger partial charge in [0.15, 0.2) is 17.3 Å². The lowest BCUT2D eigenvalue weighted by Crippen LogP contribution is -2.32. The van der Waals surface area contributed by atoms with Gasteiger partial charge < -0.3 is 14.9 Å². The topological polar surface area (TPSA) is 99.4 Å². The lowest BCUT2D eigenvalue weighted by molar-refractivity contribution is -0.131. The molecule has 7 nitrogen and oxygen atoms in total. The van der Waals surface area contributed by atoms with Crippen molar-refractivity contribution >= 4 is 23.8 Å². The third-order valence-electron chi connectivity index (χ3n) is 2.83. The molecule has 0 saturated carbocycles. The normalized spacial score (nSPS) is 16.3. The second kappa shape index (κ2) is 5.23. The van der Waals surface area contributed by atoms with E-state index in [2.05, 4.69) is 4.99 Å². The smallest absolute Gasteiger partial charge is 0.372 e. The van der Waals surface area contributed by atoms with E-state index in [1.54, 1.807) is 0 Å². The summed E-state index contributed by atoms with van der Waals surface area (Å²) in [6.07, 6.45) is 1.21. The molecular formula is C13H11FN2O5. The SMILES string of the molecule is COc1cc(C=C2N=C(C(=O)O)N(C)C2=O)cc(F)c1O. The maximum absolute atomic E-state index is 13.5. The summed E-state index contributed by atoms with van der Waals surface area (Å²) in [6.45, 7) is 0. The number of phenolic OH excluding ortho intramolecular Hbond substituents is 1. The molecule has 21 heavy (non-hydrogen) atoms. The maximum atomic E-state index is 13.5. The number of rotatable bonds is 3. The van der Waals surface area contributed by atoms with Gasteiger partial charge >= 0.3 is 5.97 Å². The molecule has 2 N–H and O–H groups in total. The van der Waals surface area contributed by atoms with Crippen LogP contribution in [0.25, 0.3) is 6.08 Å². The van der Waals surface area contributed by atoms with Crippen molar-refractivity contribution < 1.29 is 28.9 Å². The van der Waals surface area contributed by atoms with E-state index >= 15 is 0 Å². The summed E-state index contributed by atoms with van der Waals surface area (Å²) in [5.41, 5.74) is 0.0522. The highest BCUT2D eigenvalue weighted by Gasteiger charge is 2.31. The molecule has 0 bridgehead atoms. The Bertz CT molecular complexity index is 696. The summed E-state index contributed by atoms with van der Waals surface area (Å²) in [5.74, 6) is -4.07. The van der Waals surface area contributed by atoms with Crippen molar-refractivity contribution in [1.82, 2.24) is 4.90 Å². The molecule has 0 radical (unpaired) electrons. The van der Waals surface area contributed by atoms with E-state index in [1.165, 1.54) is 26.3 Å². The highest BCUT2D eigenvalue weighted by molar-refractivity contribution is 6.41. The van der Waals surface area contributed by atoms with E-state index in [-0.39, 0.29) is 17.0 Å².